The van der Waals surface area contributed by atoms with E-state index in [0.29, 0.717) is 31.1 Å². The SMILES string of the molecule is Cc1ccccc1OCC(C)NC(=O)CCCOc1ccc(Cl)cc1. The topological polar surface area (TPSA) is 47.6 Å². The van der Waals surface area contributed by atoms with E-state index in [1.54, 1.807) is 12.1 Å². The second-order valence-corrected chi connectivity index (χ2v) is 6.39. The molecule has 0 saturated heterocycles. The Bertz CT molecular complexity index is 673. The first-order valence-corrected chi connectivity index (χ1v) is 8.78. The Morgan fingerprint density at radius 1 is 1.12 bits per heavy atom. The van der Waals surface area contributed by atoms with Gasteiger partial charge in [0.25, 0.3) is 0 Å². The summed E-state index contributed by atoms with van der Waals surface area (Å²) in [7, 11) is 0. The molecule has 5 heteroatoms. The van der Waals surface area contributed by atoms with E-state index in [1.807, 2.05) is 50.2 Å². The highest BCUT2D eigenvalue weighted by atomic mass is 35.5. The van der Waals surface area contributed by atoms with Gasteiger partial charge in [0, 0.05) is 11.4 Å². The lowest BCUT2D eigenvalue weighted by atomic mass is 10.2. The smallest absolute Gasteiger partial charge is 0.220 e. The minimum atomic E-state index is -0.0516. The van der Waals surface area contributed by atoms with Crippen LogP contribution in [-0.2, 0) is 4.79 Å². The predicted octanol–water partition coefficient (Wildman–Crippen LogP) is 4.39. The van der Waals surface area contributed by atoms with Crippen LogP contribution >= 0.6 is 11.6 Å². The zero-order valence-electron chi connectivity index (χ0n) is 14.6. The summed E-state index contributed by atoms with van der Waals surface area (Å²) in [5.41, 5.74) is 1.08. The van der Waals surface area contributed by atoms with Crippen LogP contribution in [0.4, 0.5) is 0 Å². The third-order valence-corrected chi connectivity index (χ3v) is 3.87. The zero-order chi connectivity index (χ0) is 18.1. The molecule has 0 saturated carbocycles. The Kier molecular flexibility index (Phi) is 7.61. The van der Waals surface area contributed by atoms with Crippen LogP contribution in [-0.4, -0.2) is 25.2 Å². The first kappa shape index (κ1) is 19.1. The third-order valence-electron chi connectivity index (χ3n) is 3.62. The van der Waals surface area contributed by atoms with Gasteiger partial charge in [-0.25, -0.2) is 0 Å². The van der Waals surface area contributed by atoms with Gasteiger partial charge < -0.3 is 14.8 Å². The van der Waals surface area contributed by atoms with Gasteiger partial charge in [-0.05, 0) is 56.2 Å². The fourth-order valence-corrected chi connectivity index (χ4v) is 2.40. The van der Waals surface area contributed by atoms with E-state index in [0.717, 1.165) is 17.1 Å². The number of nitrogens with one attached hydrogen (secondary N) is 1. The van der Waals surface area contributed by atoms with Gasteiger partial charge in [-0.2, -0.15) is 0 Å². The summed E-state index contributed by atoms with van der Waals surface area (Å²) >= 11 is 5.82. The van der Waals surface area contributed by atoms with Gasteiger partial charge in [-0.3, -0.25) is 4.79 Å². The lowest BCUT2D eigenvalue weighted by Crippen LogP contribution is -2.36. The second-order valence-electron chi connectivity index (χ2n) is 5.95. The van der Waals surface area contributed by atoms with Gasteiger partial charge in [-0.1, -0.05) is 29.8 Å². The Hall–Kier alpha value is -2.20. The molecule has 134 valence electrons. The molecule has 0 aliphatic carbocycles. The molecule has 0 aliphatic heterocycles. The Morgan fingerprint density at radius 3 is 2.56 bits per heavy atom. The fraction of sp³-hybridized carbons (Fsp3) is 0.350. The molecule has 1 amide bonds. The van der Waals surface area contributed by atoms with Crippen molar-refractivity contribution < 1.29 is 14.3 Å². The molecule has 2 aromatic carbocycles. The lowest BCUT2D eigenvalue weighted by Gasteiger charge is -2.16. The molecule has 25 heavy (non-hydrogen) atoms. The molecule has 2 rings (SSSR count). The van der Waals surface area contributed by atoms with Gasteiger partial charge >= 0.3 is 0 Å². The lowest BCUT2D eigenvalue weighted by molar-refractivity contribution is -0.122. The maximum absolute atomic E-state index is 11.9. The number of aryl methyl sites for hydroxylation is 1. The van der Waals surface area contributed by atoms with Crippen molar-refractivity contribution in [1.29, 1.82) is 0 Å². The first-order chi connectivity index (χ1) is 12.0. The monoisotopic (exact) mass is 361 g/mol. The van der Waals surface area contributed by atoms with Crippen molar-refractivity contribution in [2.45, 2.75) is 32.7 Å². The summed E-state index contributed by atoms with van der Waals surface area (Å²) in [4.78, 5) is 11.9. The fourth-order valence-electron chi connectivity index (χ4n) is 2.28. The predicted molar refractivity (Wildman–Crippen MR) is 100 cm³/mol. The summed E-state index contributed by atoms with van der Waals surface area (Å²) in [5.74, 6) is 1.60. The van der Waals surface area contributed by atoms with E-state index in [2.05, 4.69) is 5.32 Å². The molecule has 0 aromatic heterocycles. The molecule has 0 fully saturated rings. The van der Waals surface area contributed by atoms with Crippen LogP contribution in [0.5, 0.6) is 11.5 Å². The maximum atomic E-state index is 11.9. The van der Waals surface area contributed by atoms with Gasteiger partial charge in [0.1, 0.15) is 18.1 Å². The van der Waals surface area contributed by atoms with Gasteiger partial charge in [0.05, 0.1) is 12.6 Å². The van der Waals surface area contributed by atoms with Crippen molar-refractivity contribution in [3.63, 3.8) is 0 Å². The molecule has 1 atom stereocenters. The zero-order valence-corrected chi connectivity index (χ0v) is 15.4. The highest BCUT2D eigenvalue weighted by molar-refractivity contribution is 6.30. The molecular formula is C20H24ClNO3. The molecule has 0 bridgehead atoms. The Labute approximate surface area is 154 Å². The van der Waals surface area contributed by atoms with Crippen LogP contribution < -0.4 is 14.8 Å². The van der Waals surface area contributed by atoms with Crippen molar-refractivity contribution in [3.8, 4) is 11.5 Å². The number of ether oxygens (including phenoxy) is 2. The average molecular weight is 362 g/mol. The average Bonchev–Trinajstić information content (AvgIpc) is 2.59. The number of benzene rings is 2. The Morgan fingerprint density at radius 2 is 1.84 bits per heavy atom. The van der Waals surface area contributed by atoms with Crippen LogP contribution in [0.15, 0.2) is 48.5 Å². The highest BCUT2D eigenvalue weighted by Gasteiger charge is 2.09. The second kappa shape index (κ2) is 9.94. The van der Waals surface area contributed by atoms with E-state index in [4.69, 9.17) is 21.1 Å². The minimum Gasteiger partial charge on any atom is -0.494 e. The van der Waals surface area contributed by atoms with Crippen molar-refractivity contribution in [3.05, 3.63) is 59.1 Å². The molecule has 0 spiro atoms. The molecule has 0 radical (unpaired) electrons. The normalized spacial score (nSPS) is 11.6. The number of rotatable bonds is 9. The van der Waals surface area contributed by atoms with E-state index in [-0.39, 0.29) is 11.9 Å². The number of carbonyl (C=O) groups excluding carboxylic acids is 1. The van der Waals surface area contributed by atoms with Crippen LogP contribution in [0.3, 0.4) is 0 Å². The summed E-state index contributed by atoms with van der Waals surface area (Å²) in [6.07, 6.45) is 1.07. The number of halogens is 1. The largest absolute Gasteiger partial charge is 0.494 e. The molecule has 2 aromatic rings. The molecule has 4 nitrogen and oxygen atoms in total. The summed E-state index contributed by atoms with van der Waals surface area (Å²) in [6.45, 7) is 4.86. The van der Waals surface area contributed by atoms with Gasteiger partial charge in [-0.15, -0.1) is 0 Å². The summed E-state index contributed by atoms with van der Waals surface area (Å²) in [5, 5.41) is 3.61. The number of hydrogen-bond acceptors (Lipinski definition) is 3. The molecule has 0 aliphatic rings. The van der Waals surface area contributed by atoms with Crippen LogP contribution in [0.1, 0.15) is 25.3 Å². The third kappa shape index (κ3) is 7.06. The molecule has 1 N–H and O–H groups in total. The van der Waals surface area contributed by atoms with Gasteiger partial charge in [0.2, 0.25) is 5.91 Å². The highest BCUT2D eigenvalue weighted by Crippen LogP contribution is 2.17. The number of para-hydroxylation sites is 1. The van der Waals surface area contributed by atoms with Crippen molar-refractivity contribution >= 4 is 17.5 Å². The number of amides is 1. The standard InChI is InChI=1S/C20H24ClNO3/c1-15-6-3-4-7-19(15)25-14-16(2)22-20(23)8-5-13-24-18-11-9-17(21)10-12-18/h3-4,6-7,9-12,16H,5,8,13-14H2,1-2H3,(H,22,23). The van der Waals surface area contributed by atoms with Crippen LogP contribution in [0.25, 0.3) is 0 Å². The summed E-state index contributed by atoms with van der Waals surface area (Å²) in [6, 6.07) is 15.0. The molecular weight excluding hydrogens is 338 g/mol. The van der Waals surface area contributed by atoms with E-state index in [9.17, 15) is 4.79 Å². The van der Waals surface area contributed by atoms with Crippen LogP contribution in [0, 0.1) is 6.92 Å². The van der Waals surface area contributed by atoms with Gasteiger partial charge in [0.15, 0.2) is 0 Å². The minimum absolute atomic E-state index is 0.000546. The quantitative estimate of drug-likeness (QED) is 0.674. The number of carbonyl (C=O) groups is 1. The number of hydrogen-bond donors (Lipinski definition) is 1. The maximum Gasteiger partial charge on any atom is 0.220 e. The molecule has 1 unspecified atom stereocenters. The van der Waals surface area contributed by atoms with Crippen molar-refractivity contribution in [1.82, 2.24) is 5.32 Å². The van der Waals surface area contributed by atoms with E-state index < -0.39 is 0 Å². The molecule has 0 heterocycles. The Balaban J connectivity index is 1.61. The summed E-state index contributed by atoms with van der Waals surface area (Å²) < 4.78 is 11.3. The van der Waals surface area contributed by atoms with Crippen molar-refractivity contribution in [2.24, 2.45) is 0 Å². The van der Waals surface area contributed by atoms with Crippen LogP contribution in [0.2, 0.25) is 5.02 Å². The first-order valence-electron chi connectivity index (χ1n) is 8.41. The van der Waals surface area contributed by atoms with E-state index in [1.165, 1.54) is 0 Å². The van der Waals surface area contributed by atoms with E-state index >= 15 is 0 Å². The van der Waals surface area contributed by atoms with Crippen molar-refractivity contribution in [2.75, 3.05) is 13.2 Å².